The van der Waals surface area contributed by atoms with Crippen molar-refractivity contribution < 1.29 is 39.5 Å². The smallest absolute Gasteiger partial charge is 0.303 e. The number of alkyl halides is 2. The van der Waals surface area contributed by atoms with Gasteiger partial charge in [-0.05, 0) is 17.6 Å². The van der Waals surface area contributed by atoms with Crippen LogP contribution < -0.4 is 4.43 Å². The Morgan fingerprint density at radius 2 is 1.29 bits per heavy atom. The summed E-state index contributed by atoms with van der Waals surface area (Å²) in [6.07, 6.45) is 0.753. The minimum atomic E-state index is -4.55. The molecule has 0 aromatic heterocycles. The summed E-state index contributed by atoms with van der Waals surface area (Å²) >= 11 is 0. The highest BCUT2D eigenvalue weighted by atomic mass is 28.4. The van der Waals surface area contributed by atoms with Gasteiger partial charge in [-0.25, -0.2) is 22.0 Å². The molecule has 0 heterocycles. The second-order valence-corrected chi connectivity index (χ2v) is 28.9. The van der Waals surface area contributed by atoms with Gasteiger partial charge < -0.3 is 4.43 Å². The quantitative estimate of drug-likeness (QED) is 0.0905. The Morgan fingerprint density at radius 1 is 0.714 bits per heavy atom. The topological polar surface area (TPSA) is 9.23 Å². The normalized spacial score (nSPS) is 16.0. The van der Waals surface area contributed by atoms with E-state index in [-0.39, 0.29) is 5.54 Å². The second-order valence-electron chi connectivity index (χ2n) is 13.2. The first kappa shape index (κ1) is 34.8. The molecule has 1 nitrogen and oxygen atoms in total. The van der Waals surface area contributed by atoms with Crippen molar-refractivity contribution >= 4 is 24.5 Å². The van der Waals surface area contributed by atoms with Crippen LogP contribution in [0.4, 0.5) is 35.1 Å². The third-order valence-corrected chi connectivity index (χ3v) is 22.6. The van der Waals surface area contributed by atoms with Crippen molar-refractivity contribution in [3.63, 3.8) is 0 Å². The molecular formula is C30H41F8OSi3. The molecule has 1 atom stereocenters. The molecule has 1 unspecified atom stereocenters. The van der Waals surface area contributed by atoms with Crippen molar-refractivity contribution in [3.05, 3.63) is 52.1 Å². The lowest BCUT2D eigenvalue weighted by molar-refractivity contribution is 0.0422. The Balaban J connectivity index is 2.21. The summed E-state index contributed by atoms with van der Waals surface area (Å²) in [5.41, 5.74) is -6.32. The predicted octanol–water partition coefficient (Wildman–Crippen LogP) is 11.4. The van der Waals surface area contributed by atoms with E-state index in [1.807, 2.05) is 13.8 Å². The Hall–Kier alpha value is -1.67. The summed E-state index contributed by atoms with van der Waals surface area (Å²) < 4.78 is 127. The molecule has 0 aliphatic heterocycles. The molecule has 235 valence electrons. The molecule has 2 aromatic carbocycles. The molecule has 3 rings (SSSR count). The summed E-state index contributed by atoms with van der Waals surface area (Å²) in [7, 11) is -6.40. The SMILES string of the molecule is CC[Si](CC)(CC)CCC[Si](CC[Si](C)(C)C)(Oc1c(F)c(F)c2c(c1F)-c1c([c]c(F)c(F)c1F)C2(F)F)C(C)C. The maximum Gasteiger partial charge on any atom is 0.303 e. The van der Waals surface area contributed by atoms with Crippen molar-refractivity contribution in [1.82, 2.24) is 0 Å². The van der Waals surface area contributed by atoms with Gasteiger partial charge in [-0.1, -0.05) is 90.9 Å². The number of hydrogen-bond acceptors (Lipinski definition) is 1. The summed E-state index contributed by atoms with van der Waals surface area (Å²) in [6.45, 7) is 16.8. The molecule has 1 aliphatic carbocycles. The molecule has 2 aromatic rings. The summed E-state index contributed by atoms with van der Waals surface area (Å²) in [5, 5.41) is 0. The maximum atomic E-state index is 16.2. The van der Waals surface area contributed by atoms with Gasteiger partial charge in [0.15, 0.2) is 34.8 Å². The van der Waals surface area contributed by atoms with Crippen molar-refractivity contribution in [2.45, 2.75) is 114 Å². The van der Waals surface area contributed by atoms with Crippen molar-refractivity contribution in [3.8, 4) is 16.9 Å². The number of rotatable bonds is 13. The Labute approximate surface area is 247 Å². The largest absolute Gasteiger partial charge is 0.539 e. The van der Waals surface area contributed by atoms with E-state index in [1.165, 1.54) is 6.07 Å². The zero-order chi connectivity index (χ0) is 32.0. The van der Waals surface area contributed by atoms with E-state index in [4.69, 9.17) is 4.43 Å². The molecule has 0 saturated carbocycles. The first-order chi connectivity index (χ1) is 19.3. The second kappa shape index (κ2) is 12.4. The highest BCUT2D eigenvalue weighted by Crippen LogP contribution is 2.56. The van der Waals surface area contributed by atoms with E-state index < -0.39 is 93.3 Å². The van der Waals surface area contributed by atoms with Gasteiger partial charge in [-0.2, -0.15) is 13.2 Å². The van der Waals surface area contributed by atoms with Gasteiger partial charge in [0, 0.05) is 30.8 Å². The van der Waals surface area contributed by atoms with Gasteiger partial charge in [0.25, 0.3) is 8.32 Å². The highest BCUT2D eigenvalue weighted by molar-refractivity contribution is 6.82. The molecule has 1 radical (unpaired) electrons. The van der Waals surface area contributed by atoms with Crippen LogP contribution in [0.25, 0.3) is 11.1 Å². The van der Waals surface area contributed by atoms with E-state index in [2.05, 4.69) is 40.4 Å². The zero-order valence-corrected chi connectivity index (χ0v) is 28.7. The van der Waals surface area contributed by atoms with Gasteiger partial charge in [-0.15, -0.1) is 0 Å². The van der Waals surface area contributed by atoms with Gasteiger partial charge in [-0.3, -0.25) is 0 Å². The van der Waals surface area contributed by atoms with Gasteiger partial charge in [0.05, 0.1) is 13.6 Å². The lowest BCUT2D eigenvalue weighted by Crippen LogP contribution is -2.47. The van der Waals surface area contributed by atoms with E-state index in [0.29, 0.717) is 12.1 Å². The molecule has 1 aliphatic rings. The monoisotopic (exact) mass is 653 g/mol. The van der Waals surface area contributed by atoms with E-state index in [0.717, 1.165) is 36.6 Å². The lowest BCUT2D eigenvalue weighted by Gasteiger charge is -2.39. The molecule has 12 heteroatoms. The fraction of sp³-hybridized carbons (Fsp3) is 0.600. The summed E-state index contributed by atoms with van der Waals surface area (Å²) in [5.74, 6) is -17.9. The number of benzene rings is 2. The van der Waals surface area contributed by atoms with Crippen molar-refractivity contribution in [1.29, 1.82) is 0 Å². The lowest BCUT2D eigenvalue weighted by atomic mass is 10.0. The minimum absolute atomic E-state index is 0.185. The highest BCUT2D eigenvalue weighted by Gasteiger charge is 2.54. The van der Waals surface area contributed by atoms with Crippen molar-refractivity contribution in [2.24, 2.45) is 0 Å². The Bertz CT molecular complexity index is 1310. The molecule has 0 amide bonds. The Morgan fingerprint density at radius 3 is 1.79 bits per heavy atom. The third kappa shape index (κ3) is 6.13. The Kier molecular flexibility index (Phi) is 10.3. The van der Waals surface area contributed by atoms with Crippen LogP contribution >= 0.6 is 0 Å². The van der Waals surface area contributed by atoms with Crippen LogP contribution in [0.5, 0.6) is 5.75 Å². The third-order valence-electron chi connectivity index (χ3n) is 9.46. The summed E-state index contributed by atoms with van der Waals surface area (Å²) in [6, 6.07) is 7.46. The van der Waals surface area contributed by atoms with Crippen LogP contribution in [0.1, 0.15) is 52.2 Å². The average Bonchev–Trinajstić information content (AvgIpc) is 3.15. The molecule has 0 N–H and O–H groups in total. The molecule has 42 heavy (non-hydrogen) atoms. The fourth-order valence-corrected chi connectivity index (χ4v) is 17.9. The molecule has 0 bridgehead atoms. The number of halogens is 8. The molecule has 0 spiro atoms. The van der Waals surface area contributed by atoms with Crippen molar-refractivity contribution in [2.75, 3.05) is 0 Å². The summed E-state index contributed by atoms with van der Waals surface area (Å²) in [4.78, 5) is 0. The van der Waals surface area contributed by atoms with Crippen LogP contribution in [0.15, 0.2) is 0 Å². The standard InChI is InChI=1S/C30H41F8OSi3/c1-9-41(10-2,11-3)13-12-14-42(18(4)5,16-15-40(6,7)8)39-29-26(34)22-21-19(17-20(31)24(32)25(21)33)30(37,38)23(22)27(35)28(29)36/h18H,9-16H2,1-8H3. The van der Waals surface area contributed by atoms with Gasteiger partial charge in [0.2, 0.25) is 5.82 Å². The first-order valence-electron chi connectivity index (χ1n) is 14.7. The van der Waals surface area contributed by atoms with Crippen LogP contribution in [0.2, 0.25) is 67.5 Å². The van der Waals surface area contributed by atoms with E-state index >= 15 is 22.0 Å². The molecular weight excluding hydrogens is 613 g/mol. The van der Waals surface area contributed by atoms with E-state index in [1.54, 1.807) is 0 Å². The average molecular weight is 654 g/mol. The van der Waals surface area contributed by atoms with Gasteiger partial charge in [0.1, 0.15) is 0 Å². The molecule has 0 fully saturated rings. The number of hydrogen-bond donors (Lipinski definition) is 0. The van der Waals surface area contributed by atoms with Crippen LogP contribution in [0, 0.1) is 41.0 Å². The van der Waals surface area contributed by atoms with Crippen LogP contribution in [-0.4, -0.2) is 24.5 Å². The van der Waals surface area contributed by atoms with E-state index in [9.17, 15) is 13.2 Å². The van der Waals surface area contributed by atoms with Gasteiger partial charge >= 0.3 is 5.92 Å². The minimum Gasteiger partial charge on any atom is -0.539 e. The zero-order valence-electron chi connectivity index (χ0n) is 25.7. The van der Waals surface area contributed by atoms with Crippen LogP contribution in [0.3, 0.4) is 0 Å². The number of fused-ring (bicyclic) bond motifs is 3. The fourth-order valence-electron chi connectivity index (χ4n) is 6.15. The first-order valence-corrected chi connectivity index (χ1v) is 23.6. The molecule has 0 saturated heterocycles. The van der Waals surface area contributed by atoms with Crippen LogP contribution in [-0.2, 0) is 5.92 Å². The maximum absolute atomic E-state index is 16.2. The predicted molar refractivity (Wildman–Crippen MR) is 159 cm³/mol.